The predicted octanol–water partition coefficient (Wildman–Crippen LogP) is 2.92. The van der Waals surface area contributed by atoms with E-state index >= 15 is 0 Å². The van der Waals surface area contributed by atoms with Gasteiger partial charge in [0.25, 0.3) is 5.91 Å². The quantitative estimate of drug-likeness (QED) is 0.667. The topological polar surface area (TPSA) is 63.7 Å². The van der Waals surface area contributed by atoms with Crippen molar-refractivity contribution < 1.29 is 19.1 Å². The van der Waals surface area contributed by atoms with Gasteiger partial charge in [0, 0.05) is 29.8 Å². The molecule has 0 atom stereocenters. The Labute approximate surface area is 151 Å². The molecule has 0 bridgehead atoms. The van der Waals surface area contributed by atoms with Crippen molar-refractivity contribution in [1.82, 2.24) is 4.90 Å². The number of ether oxygens (including phenoxy) is 1. The minimum atomic E-state index is -0.210. The number of esters is 1. The summed E-state index contributed by atoms with van der Waals surface area (Å²) >= 11 is 0. The molecule has 5 heteroatoms. The number of fused-ring (bicyclic) bond motifs is 3. The van der Waals surface area contributed by atoms with Gasteiger partial charge in [0.1, 0.15) is 0 Å². The SMILES string of the molecule is COC(=O)C1CCN(C(=O)c2ccc3c(c2)C(=O)c2ccccc2-3)CC1. The average Bonchev–Trinajstić information content (AvgIpc) is 2.99. The van der Waals surface area contributed by atoms with E-state index in [1.54, 1.807) is 17.0 Å². The van der Waals surface area contributed by atoms with Crippen LogP contribution in [-0.4, -0.2) is 42.8 Å². The van der Waals surface area contributed by atoms with Crippen molar-refractivity contribution in [1.29, 1.82) is 0 Å². The number of hydrogen-bond donors (Lipinski definition) is 0. The molecule has 1 aliphatic heterocycles. The zero-order chi connectivity index (χ0) is 18.3. The summed E-state index contributed by atoms with van der Waals surface area (Å²) in [6.45, 7) is 1.04. The van der Waals surface area contributed by atoms with E-state index in [0.717, 1.165) is 11.1 Å². The zero-order valence-electron chi connectivity index (χ0n) is 14.5. The van der Waals surface area contributed by atoms with Gasteiger partial charge in [0.2, 0.25) is 0 Å². The molecule has 1 saturated heterocycles. The minimum absolute atomic E-state index is 0.0327. The van der Waals surface area contributed by atoms with Crippen molar-refractivity contribution in [2.45, 2.75) is 12.8 Å². The number of piperidine rings is 1. The van der Waals surface area contributed by atoms with Gasteiger partial charge in [-0.05, 0) is 36.1 Å². The van der Waals surface area contributed by atoms with Gasteiger partial charge in [0.15, 0.2) is 5.78 Å². The van der Waals surface area contributed by atoms with E-state index in [2.05, 4.69) is 0 Å². The van der Waals surface area contributed by atoms with Gasteiger partial charge >= 0.3 is 5.97 Å². The largest absolute Gasteiger partial charge is 0.469 e. The van der Waals surface area contributed by atoms with Crippen LogP contribution in [0.15, 0.2) is 42.5 Å². The van der Waals surface area contributed by atoms with Crippen molar-refractivity contribution in [3.05, 3.63) is 59.2 Å². The number of benzene rings is 2. The Balaban J connectivity index is 1.54. The Bertz CT molecular complexity index is 910. The number of hydrogen-bond acceptors (Lipinski definition) is 4. The van der Waals surface area contributed by atoms with Crippen molar-refractivity contribution in [2.75, 3.05) is 20.2 Å². The van der Waals surface area contributed by atoms with Crippen LogP contribution >= 0.6 is 0 Å². The summed E-state index contributed by atoms with van der Waals surface area (Å²) in [5, 5.41) is 0. The Kier molecular flexibility index (Phi) is 4.07. The van der Waals surface area contributed by atoms with Gasteiger partial charge in [0.05, 0.1) is 13.0 Å². The Morgan fingerprint density at radius 3 is 2.31 bits per heavy atom. The summed E-state index contributed by atoms with van der Waals surface area (Å²) in [6, 6.07) is 12.8. The first-order valence-electron chi connectivity index (χ1n) is 8.75. The first-order chi connectivity index (χ1) is 12.6. The minimum Gasteiger partial charge on any atom is -0.469 e. The fourth-order valence-corrected chi connectivity index (χ4v) is 3.83. The Morgan fingerprint density at radius 1 is 0.962 bits per heavy atom. The van der Waals surface area contributed by atoms with E-state index in [0.29, 0.717) is 42.6 Å². The maximum absolute atomic E-state index is 12.8. The first kappa shape index (κ1) is 16.5. The highest BCUT2D eigenvalue weighted by Crippen LogP contribution is 2.37. The van der Waals surface area contributed by atoms with Gasteiger partial charge in [-0.2, -0.15) is 0 Å². The maximum atomic E-state index is 12.8. The highest BCUT2D eigenvalue weighted by Gasteiger charge is 2.30. The standard InChI is InChI=1S/C21H19NO4/c1-26-21(25)13-8-10-22(11-9-13)20(24)14-6-7-16-15-4-2-3-5-17(15)19(23)18(16)12-14/h2-7,12-13H,8-11H2,1H3. The third-order valence-corrected chi connectivity index (χ3v) is 5.29. The van der Waals surface area contributed by atoms with Gasteiger partial charge in [-0.3, -0.25) is 14.4 Å². The van der Waals surface area contributed by atoms with Crippen LogP contribution in [0, 0.1) is 5.92 Å². The molecule has 1 fully saturated rings. The van der Waals surface area contributed by atoms with Gasteiger partial charge in [-0.1, -0.05) is 30.3 Å². The summed E-state index contributed by atoms with van der Waals surface area (Å²) in [5.74, 6) is -0.479. The molecular formula is C21H19NO4. The lowest BCUT2D eigenvalue weighted by molar-refractivity contribution is -0.146. The van der Waals surface area contributed by atoms with Crippen LogP contribution in [0.1, 0.15) is 39.1 Å². The summed E-state index contributed by atoms with van der Waals surface area (Å²) in [5.41, 5.74) is 3.59. The van der Waals surface area contributed by atoms with E-state index in [1.807, 2.05) is 30.3 Å². The second-order valence-corrected chi connectivity index (χ2v) is 6.72. The van der Waals surface area contributed by atoms with Crippen molar-refractivity contribution in [3.8, 4) is 11.1 Å². The molecule has 26 heavy (non-hydrogen) atoms. The number of amides is 1. The summed E-state index contributed by atoms with van der Waals surface area (Å²) in [7, 11) is 1.39. The average molecular weight is 349 g/mol. The van der Waals surface area contributed by atoms with Gasteiger partial charge in [-0.25, -0.2) is 0 Å². The molecule has 0 radical (unpaired) electrons. The van der Waals surface area contributed by atoms with E-state index in [4.69, 9.17) is 4.74 Å². The molecule has 5 nitrogen and oxygen atoms in total. The summed E-state index contributed by atoms with van der Waals surface area (Å²) < 4.78 is 4.78. The Morgan fingerprint density at radius 2 is 1.62 bits per heavy atom. The van der Waals surface area contributed by atoms with Crippen molar-refractivity contribution in [2.24, 2.45) is 5.92 Å². The van der Waals surface area contributed by atoms with E-state index in [1.165, 1.54) is 7.11 Å². The lowest BCUT2D eigenvalue weighted by atomic mass is 9.96. The molecule has 1 amide bonds. The molecule has 0 aromatic heterocycles. The molecule has 1 heterocycles. The van der Waals surface area contributed by atoms with Crippen LogP contribution in [0.4, 0.5) is 0 Å². The summed E-state index contributed by atoms with van der Waals surface area (Å²) in [4.78, 5) is 38.8. The van der Waals surface area contributed by atoms with E-state index < -0.39 is 0 Å². The predicted molar refractivity (Wildman–Crippen MR) is 96.0 cm³/mol. The second kappa shape index (κ2) is 6.41. The maximum Gasteiger partial charge on any atom is 0.308 e. The van der Waals surface area contributed by atoms with Crippen LogP contribution in [0.2, 0.25) is 0 Å². The lowest BCUT2D eigenvalue weighted by Gasteiger charge is -2.30. The van der Waals surface area contributed by atoms with Crippen LogP contribution in [-0.2, 0) is 9.53 Å². The molecule has 2 aromatic rings. The lowest BCUT2D eigenvalue weighted by Crippen LogP contribution is -2.40. The smallest absolute Gasteiger partial charge is 0.308 e. The number of carbonyl (C=O) groups excluding carboxylic acids is 3. The molecule has 0 saturated carbocycles. The third-order valence-electron chi connectivity index (χ3n) is 5.29. The van der Waals surface area contributed by atoms with Gasteiger partial charge < -0.3 is 9.64 Å². The first-order valence-corrected chi connectivity index (χ1v) is 8.75. The molecular weight excluding hydrogens is 330 g/mol. The summed E-state index contributed by atoms with van der Waals surface area (Å²) in [6.07, 6.45) is 1.21. The molecule has 0 spiro atoms. The number of carbonyl (C=O) groups is 3. The monoisotopic (exact) mass is 349 g/mol. The number of nitrogens with zero attached hydrogens (tertiary/aromatic N) is 1. The molecule has 132 valence electrons. The second-order valence-electron chi connectivity index (χ2n) is 6.72. The molecule has 0 unspecified atom stereocenters. The number of ketones is 1. The highest BCUT2D eigenvalue weighted by molar-refractivity contribution is 6.22. The number of likely N-dealkylation sites (tertiary alicyclic amines) is 1. The molecule has 0 N–H and O–H groups in total. The van der Waals surface area contributed by atoms with Crippen LogP contribution in [0.3, 0.4) is 0 Å². The zero-order valence-corrected chi connectivity index (χ0v) is 14.5. The number of rotatable bonds is 2. The third kappa shape index (κ3) is 2.60. The van der Waals surface area contributed by atoms with Crippen LogP contribution in [0.5, 0.6) is 0 Å². The van der Waals surface area contributed by atoms with E-state index in [9.17, 15) is 14.4 Å². The Hall–Kier alpha value is -2.95. The normalized spacial score (nSPS) is 16.2. The van der Waals surface area contributed by atoms with Gasteiger partial charge in [-0.15, -0.1) is 0 Å². The van der Waals surface area contributed by atoms with Crippen LogP contribution < -0.4 is 0 Å². The highest BCUT2D eigenvalue weighted by atomic mass is 16.5. The molecule has 4 rings (SSSR count). The number of methoxy groups -OCH3 is 1. The van der Waals surface area contributed by atoms with Crippen molar-refractivity contribution in [3.63, 3.8) is 0 Å². The molecule has 1 aliphatic carbocycles. The fourth-order valence-electron chi connectivity index (χ4n) is 3.83. The van der Waals surface area contributed by atoms with E-state index in [-0.39, 0.29) is 23.6 Å². The van der Waals surface area contributed by atoms with Crippen molar-refractivity contribution >= 4 is 17.7 Å². The molecule has 2 aromatic carbocycles. The molecule has 2 aliphatic rings. The fraction of sp³-hybridized carbons (Fsp3) is 0.286. The van der Waals surface area contributed by atoms with Crippen LogP contribution in [0.25, 0.3) is 11.1 Å².